The van der Waals surface area contributed by atoms with E-state index >= 15 is 0 Å². The first-order chi connectivity index (χ1) is 10.7. The molecule has 0 unspecified atom stereocenters. The van der Waals surface area contributed by atoms with Crippen molar-refractivity contribution in [2.75, 3.05) is 20.6 Å². The summed E-state index contributed by atoms with van der Waals surface area (Å²) >= 11 is 1.61. The van der Waals surface area contributed by atoms with Crippen LogP contribution in [0.4, 0.5) is 0 Å². The van der Waals surface area contributed by atoms with Gasteiger partial charge in [0.15, 0.2) is 5.78 Å². The average Bonchev–Trinajstić information content (AvgIpc) is 2.93. The molecule has 2 nitrogen and oxygen atoms in total. The lowest BCUT2D eigenvalue weighted by Gasteiger charge is -2.09. The highest BCUT2D eigenvalue weighted by Crippen LogP contribution is 2.39. The normalized spacial score (nSPS) is 11.2. The molecule has 3 heteroatoms. The van der Waals surface area contributed by atoms with Gasteiger partial charge < -0.3 is 4.90 Å². The first-order valence-electron chi connectivity index (χ1n) is 7.41. The molecular formula is C19H19NOS. The highest BCUT2D eigenvalue weighted by atomic mass is 32.1. The van der Waals surface area contributed by atoms with Gasteiger partial charge >= 0.3 is 0 Å². The van der Waals surface area contributed by atoms with Crippen LogP contribution in [0.25, 0.3) is 21.2 Å². The largest absolute Gasteiger partial charge is 0.309 e. The van der Waals surface area contributed by atoms with Gasteiger partial charge in [0.2, 0.25) is 0 Å². The van der Waals surface area contributed by atoms with Crippen LogP contribution in [-0.2, 0) is 0 Å². The number of carbonyl (C=O) groups is 1. The molecule has 0 bridgehead atoms. The topological polar surface area (TPSA) is 20.3 Å². The third kappa shape index (κ3) is 2.96. The average molecular weight is 309 g/mol. The van der Waals surface area contributed by atoms with Crippen molar-refractivity contribution in [3.05, 3.63) is 59.5 Å². The lowest BCUT2D eigenvalue weighted by molar-refractivity contribution is 0.0977. The molecule has 3 rings (SSSR count). The van der Waals surface area contributed by atoms with Crippen LogP contribution in [0.3, 0.4) is 0 Å². The highest BCUT2D eigenvalue weighted by Gasteiger charge is 2.19. The molecule has 0 atom stereocenters. The summed E-state index contributed by atoms with van der Waals surface area (Å²) in [6, 6.07) is 18.5. The second-order valence-electron chi connectivity index (χ2n) is 5.64. The van der Waals surface area contributed by atoms with Crippen molar-refractivity contribution in [1.29, 1.82) is 0 Å². The summed E-state index contributed by atoms with van der Waals surface area (Å²) in [7, 11) is 3.99. The van der Waals surface area contributed by atoms with Gasteiger partial charge in [-0.05, 0) is 25.7 Å². The molecule has 0 aliphatic heterocycles. The zero-order chi connectivity index (χ0) is 15.5. The number of thiophene rings is 1. The predicted octanol–water partition coefficient (Wildman–Crippen LogP) is 4.70. The van der Waals surface area contributed by atoms with Gasteiger partial charge in [-0.25, -0.2) is 0 Å². The molecule has 0 saturated carbocycles. The number of ketones is 1. The number of benzene rings is 2. The molecule has 0 aliphatic rings. The Labute approximate surface area is 135 Å². The first kappa shape index (κ1) is 14.9. The number of carbonyl (C=O) groups excluding carboxylic acids is 1. The van der Waals surface area contributed by atoms with E-state index in [-0.39, 0.29) is 5.78 Å². The Balaban J connectivity index is 2.11. The first-order valence-corrected chi connectivity index (χ1v) is 8.23. The molecule has 1 heterocycles. The van der Waals surface area contributed by atoms with Crippen LogP contribution in [0, 0.1) is 0 Å². The Morgan fingerprint density at radius 3 is 2.41 bits per heavy atom. The maximum atomic E-state index is 12.7. The number of hydrogen-bond acceptors (Lipinski definition) is 3. The van der Waals surface area contributed by atoms with Crippen molar-refractivity contribution in [2.24, 2.45) is 0 Å². The van der Waals surface area contributed by atoms with Crippen LogP contribution in [0.2, 0.25) is 0 Å². The minimum Gasteiger partial charge on any atom is -0.309 e. The van der Waals surface area contributed by atoms with Crippen LogP contribution in [0.15, 0.2) is 54.6 Å². The van der Waals surface area contributed by atoms with Crippen molar-refractivity contribution >= 4 is 27.2 Å². The van der Waals surface area contributed by atoms with Crippen molar-refractivity contribution in [2.45, 2.75) is 6.42 Å². The quantitative estimate of drug-likeness (QED) is 0.637. The van der Waals surface area contributed by atoms with Gasteiger partial charge in [0, 0.05) is 28.6 Å². The van der Waals surface area contributed by atoms with E-state index in [0.29, 0.717) is 6.42 Å². The molecule has 112 valence electrons. The van der Waals surface area contributed by atoms with Gasteiger partial charge in [0.25, 0.3) is 0 Å². The fraction of sp³-hybridized carbons (Fsp3) is 0.211. The molecule has 0 fully saturated rings. The molecule has 0 spiro atoms. The molecule has 0 aliphatic carbocycles. The van der Waals surface area contributed by atoms with E-state index in [4.69, 9.17) is 0 Å². The second-order valence-corrected chi connectivity index (χ2v) is 6.70. The Morgan fingerprint density at radius 2 is 1.68 bits per heavy atom. The fourth-order valence-electron chi connectivity index (χ4n) is 2.57. The molecule has 1 aromatic heterocycles. The van der Waals surface area contributed by atoms with Crippen LogP contribution >= 0.6 is 11.3 Å². The van der Waals surface area contributed by atoms with Crippen molar-refractivity contribution in [1.82, 2.24) is 4.90 Å². The molecule has 0 N–H and O–H groups in total. The number of hydrogen-bond donors (Lipinski definition) is 0. The highest BCUT2D eigenvalue weighted by molar-refractivity contribution is 7.21. The summed E-state index contributed by atoms with van der Waals surface area (Å²) in [4.78, 5) is 15.6. The van der Waals surface area contributed by atoms with Crippen molar-refractivity contribution in [3.8, 4) is 11.1 Å². The molecular weight excluding hydrogens is 290 g/mol. The van der Waals surface area contributed by atoms with Gasteiger partial charge in [-0.2, -0.15) is 0 Å². The van der Waals surface area contributed by atoms with Crippen LogP contribution < -0.4 is 0 Å². The Hall–Kier alpha value is -1.97. The van der Waals surface area contributed by atoms with E-state index in [1.54, 1.807) is 11.3 Å². The van der Waals surface area contributed by atoms with E-state index in [2.05, 4.69) is 24.3 Å². The lowest BCUT2D eigenvalue weighted by atomic mass is 10.00. The van der Waals surface area contributed by atoms with Crippen LogP contribution in [-0.4, -0.2) is 31.3 Å². The van der Waals surface area contributed by atoms with Gasteiger partial charge in [-0.3, -0.25) is 4.79 Å². The van der Waals surface area contributed by atoms with Gasteiger partial charge in [0.1, 0.15) is 0 Å². The zero-order valence-corrected chi connectivity index (χ0v) is 13.7. The van der Waals surface area contributed by atoms with Gasteiger partial charge in [0.05, 0.1) is 4.88 Å². The summed E-state index contributed by atoms with van der Waals surface area (Å²) in [6.07, 6.45) is 0.555. The van der Waals surface area contributed by atoms with Crippen molar-refractivity contribution in [3.63, 3.8) is 0 Å². The van der Waals surface area contributed by atoms with Crippen molar-refractivity contribution < 1.29 is 4.79 Å². The minimum atomic E-state index is 0.230. The summed E-state index contributed by atoms with van der Waals surface area (Å²) in [5, 5.41) is 1.17. The van der Waals surface area contributed by atoms with Gasteiger partial charge in [-0.15, -0.1) is 11.3 Å². The third-order valence-electron chi connectivity index (χ3n) is 3.70. The summed E-state index contributed by atoms with van der Waals surface area (Å²) < 4.78 is 1.18. The molecule has 3 aromatic rings. The number of nitrogens with zero attached hydrogens (tertiary/aromatic N) is 1. The molecule has 2 aromatic carbocycles. The Kier molecular flexibility index (Phi) is 4.36. The lowest BCUT2D eigenvalue weighted by Crippen LogP contribution is -2.16. The predicted molar refractivity (Wildman–Crippen MR) is 94.8 cm³/mol. The fourth-order valence-corrected chi connectivity index (χ4v) is 3.76. The van der Waals surface area contributed by atoms with Crippen LogP contribution in [0.1, 0.15) is 16.1 Å². The molecule has 0 saturated heterocycles. The van der Waals surface area contributed by atoms with Gasteiger partial charge in [-0.1, -0.05) is 48.5 Å². The van der Waals surface area contributed by atoms with E-state index in [1.165, 1.54) is 10.1 Å². The number of Topliss-reactive ketones (excluding diaryl/α,β-unsaturated/α-hetero) is 1. The Bertz CT molecular complexity index is 790. The Morgan fingerprint density at radius 1 is 1.00 bits per heavy atom. The van der Waals surface area contributed by atoms with E-state index < -0.39 is 0 Å². The summed E-state index contributed by atoms with van der Waals surface area (Å²) in [6.45, 7) is 0.779. The standard InChI is InChI=1S/C19H19NOS/c1-20(2)13-12-16(21)19-18(14-8-4-3-5-9-14)15-10-6-7-11-17(15)22-19/h3-11H,12-13H2,1-2H3. The summed E-state index contributed by atoms with van der Waals surface area (Å²) in [5.41, 5.74) is 2.21. The number of fused-ring (bicyclic) bond motifs is 1. The molecule has 0 radical (unpaired) electrons. The third-order valence-corrected chi connectivity index (χ3v) is 4.91. The maximum Gasteiger partial charge on any atom is 0.174 e. The molecule has 0 amide bonds. The van der Waals surface area contributed by atoms with E-state index in [9.17, 15) is 4.79 Å². The van der Waals surface area contributed by atoms with Crippen LogP contribution in [0.5, 0.6) is 0 Å². The summed E-state index contributed by atoms with van der Waals surface area (Å²) in [5.74, 6) is 0.230. The number of rotatable bonds is 5. The smallest absolute Gasteiger partial charge is 0.174 e. The van der Waals surface area contributed by atoms with E-state index in [0.717, 1.165) is 22.5 Å². The van der Waals surface area contributed by atoms with E-state index in [1.807, 2.05) is 49.3 Å². The second kappa shape index (κ2) is 6.42. The molecule has 22 heavy (non-hydrogen) atoms. The SMILES string of the molecule is CN(C)CCC(=O)c1sc2ccccc2c1-c1ccccc1. The zero-order valence-electron chi connectivity index (χ0n) is 12.9. The minimum absolute atomic E-state index is 0.230. The monoisotopic (exact) mass is 309 g/mol. The maximum absolute atomic E-state index is 12.7.